The van der Waals surface area contributed by atoms with Gasteiger partial charge in [0, 0.05) is 23.4 Å². The number of pyridine rings is 1. The number of rotatable bonds is 3. The number of nitriles is 1. The number of alkyl halides is 6. The van der Waals surface area contributed by atoms with Gasteiger partial charge in [0.2, 0.25) is 0 Å². The number of aromatic nitrogens is 1. The highest BCUT2D eigenvalue weighted by atomic mass is 19.3. The van der Waals surface area contributed by atoms with Crippen LogP contribution in [0.3, 0.4) is 0 Å². The fourth-order valence-electron chi connectivity index (χ4n) is 2.75. The minimum absolute atomic E-state index is 0.163. The Morgan fingerprint density at radius 2 is 1.78 bits per heavy atom. The van der Waals surface area contributed by atoms with Crippen molar-refractivity contribution < 1.29 is 41.3 Å². The minimum atomic E-state index is -5.45. The van der Waals surface area contributed by atoms with Gasteiger partial charge in [-0.05, 0) is 18.2 Å². The van der Waals surface area contributed by atoms with Gasteiger partial charge < -0.3 is 14.9 Å². The predicted octanol–water partition coefficient (Wildman–Crippen LogP) is 3.56. The summed E-state index contributed by atoms with van der Waals surface area (Å²) in [5.41, 5.74) is -5.05. The topological polar surface area (TPSA) is 86.4 Å². The number of nitrogens with zero attached hydrogens (tertiary/aromatic N) is 2. The van der Waals surface area contributed by atoms with E-state index < -0.39 is 46.5 Å². The molecule has 0 radical (unpaired) electrons. The van der Waals surface area contributed by atoms with Crippen molar-refractivity contribution in [1.29, 1.82) is 5.26 Å². The van der Waals surface area contributed by atoms with Crippen LogP contribution in [0.15, 0.2) is 30.5 Å². The van der Waals surface area contributed by atoms with Gasteiger partial charge in [0.05, 0.1) is 5.56 Å². The molecule has 142 valence electrons. The predicted molar refractivity (Wildman–Crippen MR) is 75.4 cm³/mol. The minimum Gasteiger partial charge on any atom is -0.457 e. The van der Waals surface area contributed by atoms with Gasteiger partial charge in [-0.2, -0.15) is 22.8 Å². The first kappa shape index (κ1) is 18.9. The van der Waals surface area contributed by atoms with Crippen molar-refractivity contribution in [2.24, 2.45) is 0 Å². The van der Waals surface area contributed by atoms with Crippen LogP contribution < -0.4 is 4.74 Å². The lowest BCUT2D eigenvalue weighted by atomic mass is 9.98. The second kappa shape index (κ2) is 5.83. The van der Waals surface area contributed by atoms with E-state index in [4.69, 9.17) is 10.00 Å². The SMILES string of the molecule is N#Cc1cc(Oc2ccc3c(c2C(F)F)C(O)(O)C(F)(F)C3(F)F)ccn1. The molecule has 0 bridgehead atoms. The molecule has 0 atom stereocenters. The fraction of sp³-hybridized carbons (Fsp3) is 0.250. The molecule has 1 aromatic carbocycles. The summed E-state index contributed by atoms with van der Waals surface area (Å²) >= 11 is 0. The number of fused-ring (bicyclic) bond motifs is 1. The van der Waals surface area contributed by atoms with Gasteiger partial charge in [-0.3, -0.25) is 0 Å². The lowest BCUT2D eigenvalue weighted by molar-refractivity contribution is -0.358. The zero-order valence-corrected chi connectivity index (χ0v) is 12.9. The highest BCUT2D eigenvalue weighted by Crippen LogP contribution is 2.62. The standard InChI is InChI=1S/C16H8F6N2O3/c17-13(18)11-10(27-8-3-4-24-7(5-8)6-23)2-1-9-12(11)15(25,26)16(21,22)14(9,19)20/h1-5,13,25-26H. The normalized spacial score (nSPS) is 18.8. The summed E-state index contributed by atoms with van der Waals surface area (Å²) in [4.78, 5) is 3.61. The Bertz CT molecular complexity index is 956. The van der Waals surface area contributed by atoms with Crippen molar-refractivity contribution in [2.75, 3.05) is 0 Å². The van der Waals surface area contributed by atoms with Crippen LogP contribution in [-0.2, 0) is 11.7 Å². The molecule has 27 heavy (non-hydrogen) atoms. The van der Waals surface area contributed by atoms with E-state index >= 15 is 0 Å². The van der Waals surface area contributed by atoms with E-state index in [1.54, 1.807) is 6.07 Å². The molecule has 0 aliphatic heterocycles. The number of halogens is 6. The summed E-state index contributed by atoms with van der Waals surface area (Å²) in [5.74, 6) is -16.2. The molecule has 0 unspecified atom stereocenters. The molecule has 1 aromatic heterocycles. The first-order valence-electron chi connectivity index (χ1n) is 7.15. The maximum atomic E-state index is 13.9. The fourth-order valence-corrected chi connectivity index (χ4v) is 2.75. The largest absolute Gasteiger partial charge is 0.457 e. The molecule has 3 rings (SSSR count). The molecule has 1 aliphatic carbocycles. The van der Waals surface area contributed by atoms with Crippen LogP contribution in [0.25, 0.3) is 0 Å². The van der Waals surface area contributed by atoms with Gasteiger partial charge in [0.25, 0.3) is 12.2 Å². The molecule has 0 spiro atoms. The highest BCUT2D eigenvalue weighted by molar-refractivity contribution is 5.55. The molecule has 2 N–H and O–H groups in total. The summed E-state index contributed by atoms with van der Waals surface area (Å²) in [5, 5.41) is 28.0. The smallest absolute Gasteiger partial charge is 0.371 e. The van der Waals surface area contributed by atoms with Crippen molar-refractivity contribution in [2.45, 2.75) is 24.1 Å². The summed E-state index contributed by atoms with van der Waals surface area (Å²) in [6.07, 6.45) is -2.57. The van der Waals surface area contributed by atoms with E-state index in [-0.39, 0.29) is 11.4 Å². The van der Waals surface area contributed by atoms with Crippen molar-refractivity contribution >= 4 is 0 Å². The van der Waals surface area contributed by atoms with Gasteiger partial charge >= 0.3 is 11.8 Å². The lowest BCUT2D eigenvalue weighted by Gasteiger charge is -2.28. The Morgan fingerprint density at radius 1 is 1.11 bits per heavy atom. The van der Waals surface area contributed by atoms with Crippen LogP contribution >= 0.6 is 0 Å². The monoisotopic (exact) mass is 390 g/mol. The zero-order chi connectivity index (χ0) is 20.2. The molecular formula is C16H8F6N2O3. The maximum Gasteiger partial charge on any atom is 0.371 e. The Morgan fingerprint density at radius 3 is 2.37 bits per heavy atom. The van der Waals surface area contributed by atoms with Gasteiger partial charge in [0.1, 0.15) is 23.3 Å². The van der Waals surface area contributed by atoms with E-state index in [1.807, 2.05) is 0 Å². The molecule has 0 amide bonds. The molecule has 2 aromatic rings. The van der Waals surface area contributed by atoms with Crippen molar-refractivity contribution in [1.82, 2.24) is 4.98 Å². The third-order valence-electron chi connectivity index (χ3n) is 4.02. The Balaban J connectivity index is 2.22. The lowest BCUT2D eigenvalue weighted by Crippen LogP contribution is -2.49. The van der Waals surface area contributed by atoms with Crippen LogP contribution in [0.5, 0.6) is 11.5 Å². The first-order valence-corrected chi connectivity index (χ1v) is 7.15. The van der Waals surface area contributed by atoms with E-state index in [1.165, 1.54) is 0 Å². The molecule has 11 heteroatoms. The highest BCUT2D eigenvalue weighted by Gasteiger charge is 2.77. The van der Waals surface area contributed by atoms with Gasteiger partial charge in [-0.1, -0.05) is 0 Å². The third kappa shape index (κ3) is 2.52. The summed E-state index contributed by atoms with van der Waals surface area (Å²) in [7, 11) is 0. The quantitative estimate of drug-likeness (QED) is 0.618. The van der Waals surface area contributed by atoms with Crippen LogP contribution in [0.4, 0.5) is 26.3 Å². The Kier molecular flexibility index (Phi) is 4.09. The van der Waals surface area contributed by atoms with E-state index in [9.17, 15) is 36.6 Å². The average Bonchev–Trinajstić information content (AvgIpc) is 2.70. The second-order valence-corrected chi connectivity index (χ2v) is 5.61. The van der Waals surface area contributed by atoms with Crippen molar-refractivity contribution in [3.8, 4) is 17.6 Å². The zero-order valence-electron chi connectivity index (χ0n) is 12.9. The second-order valence-electron chi connectivity index (χ2n) is 5.61. The number of ether oxygens (including phenoxy) is 1. The Labute approximate surface area is 147 Å². The van der Waals surface area contributed by atoms with Crippen LogP contribution in [-0.4, -0.2) is 21.1 Å². The van der Waals surface area contributed by atoms with E-state index in [2.05, 4.69) is 4.98 Å². The molecule has 0 saturated carbocycles. The van der Waals surface area contributed by atoms with E-state index in [0.717, 1.165) is 18.3 Å². The number of aliphatic hydroxyl groups is 2. The molecular weight excluding hydrogens is 382 g/mol. The van der Waals surface area contributed by atoms with Gasteiger partial charge in [-0.15, -0.1) is 0 Å². The average molecular weight is 390 g/mol. The molecule has 0 fully saturated rings. The number of hydrogen-bond acceptors (Lipinski definition) is 5. The first-order chi connectivity index (χ1) is 12.4. The summed E-state index contributed by atoms with van der Waals surface area (Å²) in [6.45, 7) is 0. The third-order valence-corrected chi connectivity index (χ3v) is 4.02. The van der Waals surface area contributed by atoms with Crippen molar-refractivity contribution in [3.05, 3.63) is 52.8 Å². The van der Waals surface area contributed by atoms with Gasteiger partial charge in [0.15, 0.2) is 0 Å². The van der Waals surface area contributed by atoms with E-state index in [0.29, 0.717) is 12.1 Å². The number of benzene rings is 1. The summed E-state index contributed by atoms with van der Waals surface area (Å²) in [6, 6.07) is 4.74. The van der Waals surface area contributed by atoms with Crippen LogP contribution in [0.2, 0.25) is 0 Å². The molecule has 1 heterocycles. The number of hydrogen-bond donors (Lipinski definition) is 2. The van der Waals surface area contributed by atoms with Crippen LogP contribution in [0.1, 0.15) is 28.8 Å². The van der Waals surface area contributed by atoms with Crippen molar-refractivity contribution in [3.63, 3.8) is 0 Å². The molecule has 5 nitrogen and oxygen atoms in total. The van der Waals surface area contributed by atoms with Crippen LogP contribution in [0, 0.1) is 11.3 Å². The maximum absolute atomic E-state index is 13.9. The molecule has 1 aliphatic rings. The molecule has 0 saturated heterocycles. The summed E-state index contributed by atoms with van der Waals surface area (Å²) < 4.78 is 87.6. The Hall–Kier alpha value is -2.84. The van der Waals surface area contributed by atoms with Gasteiger partial charge in [-0.25, -0.2) is 13.8 Å².